The topological polar surface area (TPSA) is 62.2 Å². The smallest absolute Gasteiger partial charge is 0.280 e. The normalized spacial score (nSPS) is 11.3. The number of carbonyl (C=O) groups excluding carboxylic acids is 1. The fourth-order valence-corrected chi connectivity index (χ4v) is 4.25. The van der Waals surface area contributed by atoms with E-state index in [1.54, 1.807) is 28.6 Å². The number of carbonyl (C=O) groups is 1. The van der Waals surface area contributed by atoms with Crippen molar-refractivity contribution in [2.24, 2.45) is 0 Å². The van der Waals surface area contributed by atoms with Gasteiger partial charge in [0, 0.05) is 25.5 Å². The van der Waals surface area contributed by atoms with Crippen LogP contribution >= 0.6 is 11.3 Å². The Morgan fingerprint density at radius 2 is 1.89 bits per heavy atom. The molecule has 0 aliphatic heterocycles. The molecule has 1 amide bonds. The van der Waals surface area contributed by atoms with Gasteiger partial charge in [0.1, 0.15) is 5.69 Å². The first-order chi connectivity index (χ1) is 13.0. The summed E-state index contributed by atoms with van der Waals surface area (Å²) in [5.41, 5.74) is 3.62. The molecule has 142 valence electrons. The van der Waals surface area contributed by atoms with Gasteiger partial charge in [-0.15, -0.1) is 0 Å². The molecule has 0 aliphatic carbocycles. The van der Waals surface area contributed by atoms with Gasteiger partial charge in [0.25, 0.3) is 5.91 Å². The number of thiazole rings is 1. The van der Waals surface area contributed by atoms with E-state index in [0.717, 1.165) is 35.4 Å². The van der Waals surface area contributed by atoms with Crippen LogP contribution in [0.5, 0.6) is 0 Å². The highest BCUT2D eigenvalue weighted by molar-refractivity contribution is 7.22. The highest BCUT2D eigenvalue weighted by Gasteiger charge is 2.23. The van der Waals surface area contributed by atoms with Gasteiger partial charge in [0.05, 0.1) is 16.4 Å². The summed E-state index contributed by atoms with van der Waals surface area (Å²) in [7, 11) is 0. The van der Waals surface area contributed by atoms with Crippen molar-refractivity contribution in [3.63, 3.8) is 0 Å². The lowest BCUT2D eigenvalue weighted by atomic mass is 10.1. The predicted octanol–water partition coefficient (Wildman–Crippen LogP) is 3.69. The molecule has 27 heavy (non-hydrogen) atoms. The van der Waals surface area contributed by atoms with Crippen molar-refractivity contribution >= 4 is 32.6 Å². The average molecular weight is 384 g/mol. The molecule has 7 heteroatoms. The number of amides is 1. The van der Waals surface area contributed by atoms with Gasteiger partial charge in [-0.25, -0.2) is 9.97 Å². The van der Waals surface area contributed by atoms with Crippen LogP contribution < -0.4 is 4.90 Å². The largest absolute Gasteiger partial charge is 0.302 e. The standard InChI is InChI=1S/C20H25N5OS/c1-5-24(6-2)9-10-25(19(26)16-13-21-7-8-22-16)20-23-18-15(4)11-14(3)12-17(18)27-20/h7-8,11-13H,5-6,9-10H2,1-4H3. The molecule has 0 spiro atoms. The van der Waals surface area contributed by atoms with Gasteiger partial charge in [0.15, 0.2) is 5.13 Å². The van der Waals surface area contributed by atoms with E-state index in [2.05, 4.69) is 54.7 Å². The molecule has 0 fully saturated rings. The van der Waals surface area contributed by atoms with Crippen LogP contribution in [0, 0.1) is 13.8 Å². The van der Waals surface area contributed by atoms with E-state index in [1.165, 1.54) is 11.8 Å². The molecule has 2 aromatic heterocycles. The molecule has 0 aliphatic rings. The maximum Gasteiger partial charge on any atom is 0.280 e. The number of anilines is 1. The van der Waals surface area contributed by atoms with Crippen LogP contribution in [-0.2, 0) is 0 Å². The molecule has 6 nitrogen and oxygen atoms in total. The number of aryl methyl sites for hydroxylation is 2. The summed E-state index contributed by atoms with van der Waals surface area (Å²) in [5, 5.41) is 0.710. The lowest BCUT2D eigenvalue weighted by Gasteiger charge is -2.24. The van der Waals surface area contributed by atoms with Crippen LogP contribution in [0.25, 0.3) is 10.2 Å². The van der Waals surface area contributed by atoms with Crippen LogP contribution in [-0.4, -0.2) is 51.9 Å². The third kappa shape index (κ3) is 4.31. The van der Waals surface area contributed by atoms with Crippen molar-refractivity contribution < 1.29 is 4.79 Å². The van der Waals surface area contributed by atoms with Crippen LogP contribution in [0.3, 0.4) is 0 Å². The van der Waals surface area contributed by atoms with E-state index in [4.69, 9.17) is 4.98 Å². The summed E-state index contributed by atoms with van der Waals surface area (Å²) >= 11 is 1.55. The maximum atomic E-state index is 13.1. The van der Waals surface area contributed by atoms with Crippen LogP contribution in [0.15, 0.2) is 30.7 Å². The SMILES string of the molecule is CCN(CC)CCN(C(=O)c1cnccn1)c1nc2c(C)cc(C)cc2s1. The number of aromatic nitrogens is 3. The maximum absolute atomic E-state index is 13.1. The number of hydrogen-bond acceptors (Lipinski definition) is 6. The van der Waals surface area contributed by atoms with Crippen molar-refractivity contribution in [3.05, 3.63) is 47.5 Å². The molecule has 2 heterocycles. The van der Waals surface area contributed by atoms with Crippen molar-refractivity contribution in [3.8, 4) is 0 Å². The summed E-state index contributed by atoms with van der Waals surface area (Å²) in [6.07, 6.45) is 4.62. The lowest BCUT2D eigenvalue weighted by Crippen LogP contribution is -2.39. The second-order valence-corrected chi connectivity index (χ2v) is 7.51. The van der Waals surface area contributed by atoms with Crippen molar-refractivity contribution in [2.45, 2.75) is 27.7 Å². The molecular weight excluding hydrogens is 358 g/mol. The molecule has 0 saturated heterocycles. The van der Waals surface area contributed by atoms with E-state index in [-0.39, 0.29) is 5.91 Å². The summed E-state index contributed by atoms with van der Waals surface area (Å²) < 4.78 is 1.10. The molecule has 0 bridgehead atoms. The van der Waals surface area contributed by atoms with Crippen molar-refractivity contribution in [1.29, 1.82) is 0 Å². The highest BCUT2D eigenvalue weighted by Crippen LogP contribution is 2.32. The van der Waals surface area contributed by atoms with E-state index >= 15 is 0 Å². The first-order valence-electron chi connectivity index (χ1n) is 9.21. The Balaban J connectivity index is 1.98. The van der Waals surface area contributed by atoms with E-state index < -0.39 is 0 Å². The zero-order valence-electron chi connectivity index (χ0n) is 16.3. The molecule has 0 radical (unpaired) electrons. The predicted molar refractivity (Wildman–Crippen MR) is 111 cm³/mol. The van der Waals surface area contributed by atoms with Crippen LogP contribution in [0.1, 0.15) is 35.5 Å². The van der Waals surface area contributed by atoms with Gasteiger partial charge < -0.3 is 4.90 Å². The summed E-state index contributed by atoms with van der Waals surface area (Å²) in [5.74, 6) is -0.163. The minimum Gasteiger partial charge on any atom is -0.302 e. The quantitative estimate of drug-likeness (QED) is 0.623. The number of benzene rings is 1. The van der Waals surface area contributed by atoms with Crippen LogP contribution in [0.2, 0.25) is 0 Å². The second kappa shape index (κ2) is 8.54. The minimum absolute atomic E-state index is 0.163. The Morgan fingerprint density at radius 3 is 2.56 bits per heavy atom. The Labute approximate surface area is 163 Å². The lowest BCUT2D eigenvalue weighted by molar-refractivity contribution is 0.0978. The van der Waals surface area contributed by atoms with Gasteiger partial charge in [-0.05, 0) is 44.1 Å². The van der Waals surface area contributed by atoms with E-state index in [0.29, 0.717) is 17.4 Å². The third-order valence-corrected chi connectivity index (χ3v) is 5.64. The number of likely N-dealkylation sites (N-methyl/N-ethyl adjacent to an activating group) is 1. The van der Waals surface area contributed by atoms with Gasteiger partial charge in [0.2, 0.25) is 0 Å². The Morgan fingerprint density at radius 1 is 1.11 bits per heavy atom. The number of rotatable bonds is 7. The molecule has 0 atom stereocenters. The number of hydrogen-bond donors (Lipinski definition) is 0. The molecule has 0 saturated carbocycles. The van der Waals surface area contributed by atoms with Crippen molar-refractivity contribution in [2.75, 3.05) is 31.1 Å². The highest BCUT2D eigenvalue weighted by atomic mass is 32.1. The van der Waals surface area contributed by atoms with Gasteiger partial charge >= 0.3 is 0 Å². The third-order valence-electron chi connectivity index (χ3n) is 4.61. The van der Waals surface area contributed by atoms with Gasteiger partial charge in [-0.1, -0.05) is 31.3 Å². The Kier molecular flexibility index (Phi) is 6.13. The molecular formula is C20H25N5OS. The molecule has 3 aromatic rings. The average Bonchev–Trinajstić information content (AvgIpc) is 3.09. The fraction of sp³-hybridized carbons (Fsp3) is 0.400. The first kappa shape index (κ1) is 19.4. The van der Waals surface area contributed by atoms with Gasteiger partial charge in [-0.2, -0.15) is 0 Å². The molecule has 3 rings (SSSR count). The molecule has 1 aromatic carbocycles. The number of nitrogens with zero attached hydrogens (tertiary/aromatic N) is 5. The Hall–Kier alpha value is -2.38. The minimum atomic E-state index is -0.163. The fourth-order valence-electron chi connectivity index (χ4n) is 3.09. The second-order valence-electron chi connectivity index (χ2n) is 6.50. The van der Waals surface area contributed by atoms with E-state index in [9.17, 15) is 4.79 Å². The summed E-state index contributed by atoms with van der Waals surface area (Å²) in [6, 6.07) is 4.25. The summed E-state index contributed by atoms with van der Waals surface area (Å²) in [4.78, 5) is 30.2. The van der Waals surface area contributed by atoms with E-state index in [1.807, 2.05) is 0 Å². The Bertz CT molecular complexity index is 921. The van der Waals surface area contributed by atoms with Crippen molar-refractivity contribution in [1.82, 2.24) is 19.9 Å². The molecule has 0 unspecified atom stereocenters. The zero-order chi connectivity index (χ0) is 19.4. The first-order valence-corrected chi connectivity index (χ1v) is 10.0. The van der Waals surface area contributed by atoms with Crippen LogP contribution in [0.4, 0.5) is 5.13 Å². The van der Waals surface area contributed by atoms with Gasteiger partial charge in [-0.3, -0.25) is 14.7 Å². The monoisotopic (exact) mass is 383 g/mol. The zero-order valence-corrected chi connectivity index (χ0v) is 17.1. The molecule has 0 N–H and O–H groups in total. The summed E-state index contributed by atoms with van der Waals surface area (Å²) in [6.45, 7) is 11.6. The number of fused-ring (bicyclic) bond motifs is 1.